The van der Waals surface area contributed by atoms with E-state index in [2.05, 4.69) is 10.3 Å². The summed E-state index contributed by atoms with van der Waals surface area (Å²) in [4.78, 5) is 28.6. The van der Waals surface area contributed by atoms with E-state index in [4.69, 9.17) is 4.74 Å². The van der Waals surface area contributed by atoms with E-state index in [1.807, 2.05) is 25.1 Å². The average molecular weight is 354 g/mol. The molecule has 3 rings (SSSR count). The Kier molecular flexibility index (Phi) is 5.09. The molecule has 2 aromatic carbocycles. The molecule has 5 nitrogen and oxygen atoms in total. The van der Waals surface area contributed by atoms with Gasteiger partial charge in [-0.15, -0.1) is 0 Å². The van der Waals surface area contributed by atoms with Crippen LogP contribution in [0.1, 0.15) is 28.8 Å². The smallest absolute Gasteiger partial charge is 0.226 e. The summed E-state index contributed by atoms with van der Waals surface area (Å²) in [6.45, 7) is 2.02. The zero-order valence-electron chi connectivity index (χ0n) is 14.0. The van der Waals surface area contributed by atoms with Crippen LogP contribution in [0.25, 0.3) is 10.2 Å². The number of nitrogens with one attached hydrogen (secondary N) is 1. The molecule has 128 valence electrons. The molecule has 0 saturated carbocycles. The summed E-state index contributed by atoms with van der Waals surface area (Å²) < 4.78 is 6.10. The maximum Gasteiger partial charge on any atom is 0.226 e. The van der Waals surface area contributed by atoms with Gasteiger partial charge in [-0.05, 0) is 48.9 Å². The van der Waals surface area contributed by atoms with Crippen molar-refractivity contribution in [2.45, 2.75) is 19.8 Å². The van der Waals surface area contributed by atoms with Crippen LogP contribution in [0, 0.1) is 6.92 Å². The highest BCUT2D eigenvalue weighted by Crippen LogP contribution is 2.26. The third kappa shape index (κ3) is 4.22. The van der Waals surface area contributed by atoms with Gasteiger partial charge in [0, 0.05) is 18.4 Å². The third-order valence-corrected chi connectivity index (χ3v) is 4.72. The second-order valence-electron chi connectivity index (χ2n) is 5.69. The molecule has 0 bridgehead atoms. The zero-order chi connectivity index (χ0) is 17.8. The molecule has 1 heterocycles. The Morgan fingerprint density at radius 1 is 1.12 bits per heavy atom. The number of anilines is 1. The molecule has 0 aliphatic heterocycles. The van der Waals surface area contributed by atoms with Crippen LogP contribution in [0.4, 0.5) is 5.13 Å². The van der Waals surface area contributed by atoms with Crippen molar-refractivity contribution in [3.05, 3.63) is 53.6 Å². The molecule has 0 spiro atoms. The number of benzene rings is 2. The number of aryl methyl sites for hydroxylation is 1. The van der Waals surface area contributed by atoms with Crippen LogP contribution in [0.3, 0.4) is 0 Å². The molecule has 1 N–H and O–H groups in total. The third-order valence-electron chi connectivity index (χ3n) is 3.78. The fourth-order valence-electron chi connectivity index (χ4n) is 2.42. The maximum atomic E-state index is 12.1. The molecule has 0 atom stereocenters. The lowest BCUT2D eigenvalue weighted by Crippen LogP contribution is -2.13. The quantitative estimate of drug-likeness (QED) is 0.673. The average Bonchev–Trinajstić information content (AvgIpc) is 3.01. The van der Waals surface area contributed by atoms with Crippen molar-refractivity contribution < 1.29 is 14.3 Å². The molecule has 0 aliphatic rings. The molecule has 0 unspecified atom stereocenters. The summed E-state index contributed by atoms with van der Waals surface area (Å²) in [5.41, 5.74) is 2.59. The minimum atomic E-state index is -0.211. The highest BCUT2D eigenvalue weighted by atomic mass is 32.1. The van der Waals surface area contributed by atoms with Crippen molar-refractivity contribution in [3.63, 3.8) is 0 Å². The molecule has 0 aliphatic carbocycles. The number of hydrogen-bond donors (Lipinski definition) is 1. The summed E-state index contributed by atoms with van der Waals surface area (Å²) in [7, 11) is 1.57. The van der Waals surface area contributed by atoms with Gasteiger partial charge in [0.15, 0.2) is 10.9 Å². The molecule has 1 aromatic heterocycles. The summed E-state index contributed by atoms with van der Waals surface area (Å²) in [6, 6.07) is 12.8. The highest BCUT2D eigenvalue weighted by molar-refractivity contribution is 7.22. The summed E-state index contributed by atoms with van der Waals surface area (Å²) >= 11 is 1.43. The Morgan fingerprint density at radius 3 is 2.60 bits per heavy atom. The lowest BCUT2D eigenvalue weighted by Gasteiger charge is -2.03. The predicted molar refractivity (Wildman–Crippen MR) is 99.5 cm³/mol. The van der Waals surface area contributed by atoms with Crippen LogP contribution >= 0.6 is 11.3 Å². The molecule has 25 heavy (non-hydrogen) atoms. The van der Waals surface area contributed by atoms with Crippen molar-refractivity contribution in [2.75, 3.05) is 12.4 Å². The van der Waals surface area contributed by atoms with Crippen LogP contribution in [0.2, 0.25) is 0 Å². The van der Waals surface area contributed by atoms with Crippen LogP contribution in [-0.4, -0.2) is 23.8 Å². The number of fused-ring (bicyclic) bond motifs is 1. The maximum absolute atomic E-state index is 12.1. The van der Waals surface area contributed by atoms with E-state index >= 15 is 0 Å². The number of amides is 1. The van der Waals surface area contributed by atoms with Gasteiger partial charge in [-0.1, -0.05) is 17.4 Å². The lowest BCUT2D eigenvalue weighted by molar-refractivity contribution is -0.116. The van der Waals surface area contributed by atoms with Crippen molar-refractivity contribution in [2.24, 2.45) is 0 Å². The van der Waals surface area contributed by atoms with Gasteiger partial charge in [-0.2, -0.15) is 0 Å². The zero-order valence-corrected chi connectivity index (χ0v) is 14.9. The standard InChI is InChI=1S/C19H18N2O3S/c1-12-3-8-15-17(11-12)25-19(20-15)21-18(23)10-9-16(22)13-4-6-14(24-2)7-5-13/h3-8,11H,9-10H2,1-2H3,(H,20,21,23). The van der Waals surface area contributed by atoms with Crippen LogP contribution < -0.4 is 10.1 Å². The Labute approximate surface area is 149 Å². The van der Waals surface area contributed by atoms with Gasteiger partial charge >= 0.3 is 0 Å². The molecule has 3 aromatic rings. The number of ketones is 1. The van der Waals surface area contributed by atoms with Gasteiger partial charge < -0.3 is 10.1 Å². The number of methoxy groups -OCH3 is 1. The minimum absolute atomic E-state index is 0.0715. The van der Waals surface area contributed by atoms with Crippen LogP contribution in [0.15, 0.2) is 42.5 Å². The Hall–Kier alpha value is -2.73. The van der Waals surface area contributed by atoms with Crippen molar-refractivity contribution in [1.29, 1.82) is 0 Å². The predicted octanol–water partition coefficient (Wildman–Crippen LogP) is 4.21. The van der Waals surface area contributed by atoms with Gasteiger partial charge in [-0.25, -0.2) is 4.98 Å². The molecular weight excluding hydrogens is 336 g/mol. The number of Topliss-reactive ketones (excluding diaryl/α,β-unsaturated/α-hetero) is 1. The Morgan fingerprint density at radius 2 is 1.88 bits per heavy atom. The number of thiazole rings is 1. The number of rotatable bonds is 6. The fraction of sp³-hybridized carbons (Fsp3) is 0.211. The highest BCUT2D eigenvalue weighted by Gasteiger charge is 2.12. The van der Waals surface area contributed by atoms with Gasteiger partial charge in [0.1, 0.15) is 5.75 Å². The van der Waals surface area contributed by atoms with E-state index in [9.17, 15) is 9.59 Å². The van der Waals surface area contributed by atoms with E-state index in [0.717, 1.165) is 15.8 Å². The van der Waals surface area contributed by atoms with Gasteiger partial charge in [0.05, 0.1) is 17.3 Å². The molecule has 0 saturated heterocycles. The summed E-state index contributed by atoms with van der Waals surface area (Å²) in [5, 5.41) is 3.33. The van der Waals surface area contributed by atoms with Crippen molar-refractivity contribution >= 4 is 38.4 Å². The second kappa shape index (κ2) is 7.44. The van der Waals surface area contributed by atoms with E-state index in [1.54, 1.807) is 31.4 Å². The van der Waals surface area contributed by atoms with E-state index in [1.165, 1.54) is 11.3 Å². The number of hydrogen-bond acceptors (Lipinski definition) is 5. The largest absolute Gasteiger partial charge is 0.497 e. The molecular formula is C19H18N2O3S. The van der Waals surface area contributed by atoms with E-state index in [-0.39, 0.29) is 24.5 Å². The Balaban J connectivity index is 1.57. The first kappa shape index (κ1) is 17.1. The van der Waals surface area contributed by atoms with E-state index < -0.39 is 0 Å². The van der Waals surface area contributed by atoms with Crippen LogP contribution in [-0.2, 0) is 4.79 Å². The summed E-state index contributed by atoms with van der Waals surface area (Å²) in [5.74, 6) is 0.413. The Bertz CT molecular complexity index is 916. The number of ether oxygens (including phenoxy) is 1. The van der Waals surface area contributed by atoms with Crippen LogP contribution in [0.5, 0.6) is 5.75 Å². The van der Waals surface area contributed by atoms with Gasteiger partial charge in [0.25, 0.3) is 0 Å². The lowest BCUT2D eigenvalue weighted by atomic mass is 10.1. The first-order chi connectivity index (χ1) is 12.0. The molecule has 6 heteroatoms. The molecule has 0 radical (unpaired) electrons. The summed E-state index contributed by atoms with van der Waals surface area (Å²) in [6.07, 6.45) is 0.280. The topological polar surface area (TPSA) is 68.3 Å². The normalized spacial score (nSPS) is 10.6. The van der Waals surface area contributed by atoms with Gasteiger partial charge in [0.2, 0.25) is 5.91 Å². The number of carbonyl (C=O) groups excluding carboxylic acids is 2. The monoisotopic (exact) mass is 354 g/mol. The number of carbonyl (C=O) groups is 2. The number of nitrogens with zero attached hydrogens (tertiary/aromatic N) is 1. The molecule has 1 amide bonds. The van der Waals surface area contributed by atoms with Gasteiger partial charge in [-0.3, -0.25) is 9.59 Å². The number of aromatic nitrogens is 1. The minimum Gasteiger partial charge on any atom is -0.497 e. The first-order valence-corrected chi connectivity index (χ1v) is 8.71. The van der Waals surface area contributed by atoms with Crippen molar-refractivity contribution in [3.8, 4) is 5.75 Å². The van der Waals surface area contributed by atoms with Crippen molar-refractivity contribution in [1.82, 2.24) is 4.98 Å². The SMILES string of the molecule is COc1ccc(C(=O)CCC(=O)Nc2nc3ccc(C)cc3s2)cc1. The second-order valence-corrected chi connectivity index (χ2v) is 6.72. The molecule has 0 fully saturated rings. The van der Waals surface area contributed by atoms with E-state index in [0.29, 0.717) is 16.4 Å². The first-order valence-electron chi connectivity index (χ1n) is 7.89. The fourth-order valence-corrected chi connectivity index (χ4v) is 3.40.